The van der Waals surface area contributed by atoms with Gasteiger partial charge >= 0.3 is 0 Å². The van der Waals surface area contributed by atoms with E-state index in [1.165, 1.54) is 69.8 Å². The number of aryl methyl sites for hydroxylation is 2. The molecule has 0 heterocycles. The third kappa shape index (κ3) is 8.42. The molecule has 2 aromatic carbocycles. The van der Waals surface area contributed by atoms with Crippen LogP contribution in [0.1, 0.15) is 75.3 Å². The molecule has 0 aliphatic carbocycles. The number of rotatable bonds is 13. The summed E-state index contributed by atoms with van der Waals surface area (Å²) in [6.07, 6.45) is 15.4. The molecule has 0 unspecified atom stereocenters. The summed E-state index contributed by atoms with van der Waals surface area (Å²) in [7, 11) is 0. The van der Waals surface area contributed by atoms with Gasteiger partial charge in [0.1, 0.15) is 0 Å². The van der Waals surface area contributed by atoms with Gasteiger partial charge in [-0.3, -0.25) is 0 Å². The van der Waals surface area contributed by atoms with E-state index in [-0.39, 0.29) is 11.5 Å². The van der Waals surface area contributed by atoms with Gasteiger partial charge in [0.2, 0.25) is 0 Å². The fourth-order valence-electron chi connectivity index (χ4n) is 3.44. The molecular weight excluding hydrogens is 320 g/mol. The van der Waals surface area contributed by atoms with Gasteiger partial charge in [0.05, 0.1) is 0 Å². The van der Waals surface area contributed by atoms with Crippen LogP contribution in [0.4, 0.5) is 0 Å². The molecule has 0 spiro atoms. The van der Waals surface area contributed by atoms with Crippen molar-refractivity contribution in [3.63, 3.8) is 0 Å². The lowest BCUT2D eigenvalue weighted by Crippen LogP contribution is -1.87. The Morgan fingerprint density at radius 2 is 0.962 bits per heavy atom. The van der Waals surface area contributed by atoms with Crippen molar-refractivity contribution in [2.45, 2.75) is 77.0 Å². The van der Waals surface area contributed by atoms with Crippen LogP contribution in [-0.2, 0) is 12.8 Å². The van der Waals surface area contributed by atoms with E-state index in [2.05, 4.69) is 30.3 Å². The van der Waals surface area contributed by atoms with Crippen LogP contribution in [0.3, 0.4) is 0 Å². The first-order valence-electron chi connectivity index (χ1n) is 10.3. The van der Waals surface area contributed by atoms with Crippen LogP contribution in [0, 0.1) is 0 Å². The minimum Gasteiger partial charge on any atom is -0.504 e. The van der Waals surface area contributed by atoms with E-state index in [0.717, 1.165) is 18.4 Å². The lowest BCUT2D eigenvalue weighted by Gasteiger charge is -2.05. The highest BCUT2D eigenvalue weighted by molar-refractivity contribution is 5.40. The first-order chi connectivity index (χ1) is 12.8. The molecule has 142 valence electrons. The average molecular weight is 355 g/mol. The summed E-state index contributed by atoms with van der Waals surface area (Å²) >= 11 is 0. The van der Waals surface area contributed by atoms with Gasteiger partial charge in [-0.15, -0.1) is 0 Å². The van der Waals surface area contributed by atoms with Crippen LogP contribution in [0.25, 0.3) is 0 Å². The van der Waals surface area contributed by atoms with Crippen LogP contribution in [0.2, 0.25) is 0 Å². The second kappa shape index (κ2) is 12.4. The van der Waals surface area contributed by atoms with E-state index < -0.39 is 0 Å². The Hall–Kier alpha value is -1.96. The zero-order chi connectivity index (χ0) is 18.5. The number of unbranched alkanes of at least 4 members (excludes halogenated alkanes) is 9. The van der Waals surface area contributed by atoms with Crippen molar-refractivity contribution < 1.29 is 10.2 Å². The molecule has 0 aromatic heterocycles. The third-order valence-corrected chi connectivity index (χ3v) is 5.06. The summed E-state index contributed by atoms with van der Waals surface area (Å²) in [6, 6.07) is 15.9. The minimum absolute atomic E-state index is 0.00808. The number of aromatic hydroxyl groups is 2. The molecule has 0 bridgehead atoms. The monoisotopic (exact) mass is 354 g/mol. The molecule has 0 atom stereocenters. The zero-order valence-electron chi connectivity index (χ0n) is 16.0. The van der Waals surface area contributed by atoms with Gasteiger partial charge in [-0.05, 0) is 48.9 Å². The summed E-state index contributed by atoms with van der Waals surface area (Å²) in [5.41, 5.74) is 2.57. The van der Waals surface area contributed by atoms with E-state index in [9.17, 15) is 10.2 Å². The summed E-state index contributed by atoms with van der Waals surface area (Å²) < 4.78 is 0. The van der Waals surface area contributed by atoms with Crippen LogP contribution in [-0.4, -0.2) is 10.2 Å². The smallest absolute Gasteiger partial charge is 0.157 e. The van der Waals surface area contributed by atoms with Crippen molar-refractivity contribution in [3.05, 3.63) is 59.7 Å². The molecule has 0 radical (unpaired) electrons. The van der Waals surface area contributed by atoms with Crippen LogP contribution in [0.5, 0.6) is 11.5 Å². The van der Waals surface area contributed by atoms with Crippen LogP contribution in [0.15, 0.2) is 48.5 Å². The Bertz CT molecular complexity index is 607. The average Bonchev–Trinajstić information content (AvgIpc) is 2.66. The van der Waals surface area contributed by atoms with Crippen LogP contribution < -0.4 is 0 Å². The quantitative estimate of drug-likeness (QED) is 0.307. The number of phenolic OH excluding ortho intramolecular Hbond substituents is 2. The lowest BCUT2D eigenvalue weighted by molar-refractivity contribution is 0.403. The van der Waals surface area contributed by atoms with Crippen molar-refractivity contribution in [2.75, 3.05) is 0 Å². The lowest BCUT2D eigenvalue weighted by atomic mass is 10.0. The second-order valence-electron chi connectivity index (χ2n) is 7.34. The fraction of sp³-hybridized carbons (Fsp3) is 0.500. The highest BCUT2D eigenvalue weighted by Gasteiger charge is 2.00. The molecule has 2 nitrogen and oxygen atoms in total. The van der Waals surface area contributed by atoms with Crippen molar-refractivity contribution >= 4 is 0 Å². The molecule has 0 saturated carbocycles. The maximum atomic E-state index is 9.49. The molecule has 0 amide bonds. The summed E-state index contributed by atoms with van der Waals surface area (Å²) in [4.78, 5) is 0. The van der Waals surface area contributed by atoms with Gasteiger partial charge in [-0.2, -0.15) is 0 Å². The maximum Gasteiger partial charge on any atom is 0.157 e. The summed E-state index contributed by atoms with van der Waals surface area (Å²) in [5.74, 6) is -0.0416. The first kappa shape index (κ1) is 20.4. The first-order valence-corrected chi connectivity index (χ1v) is 10.3. The van der Waals surface area contributed by atoms with E-state index >= 15 is 0 Å². The SMILES string of the molecule is Oc1ccc(CCCCCCCCCCCCc2ccccc2)cc1O. The van der Waals surface area contributed by atoms with Gasteiger partial charge in [0, 0.05) is 0 Å². The Kier molecular flexibility index (Phi) is 9.71. The molecule has 0 aliphatic rings. The van der Waals surface area contributed by atoms with E-state index in [1.807, 2.05) is 6.07 Å². The maximum absolute atomic E-state index is 9.49. The van der Waals surface area contributed by atoms with Gasteiger partial charge in [0.15, 0.2) is 11.5 Å². The standard InChI is InChI=1S/C24H34O2/c25-23-19-18-22(20-24(23)26)17-11-8-6-4-2-1-3-5-7-10-14-21-15-12-9-13-16-21/h9,12-13,15-16,18-20,25-26H,1-8,10-11,14,17H2. The molecule has 0 saturated heterocycles. The van der Waals surface area contributed by atoms with Crippen molar-refractivity contribution in [1.82, 2.24) is 0 Å². The van der Waals surface area contributed by atoms with E-state index in [1.54, 1.807) is 12.1 Å². The zero-order valence-corrected chi connectivity index (χ0v) is 16.0. The molecule has 0 aliphatic heterocycles. The van der Waals surface area contributed by atoms with Gasteiger partial charge < -0.3 is 10.2 Å². The Morgan fingerprint density at radius 3 is 1.50 bits per heavy atom. The van der Waals surface area contributed by atoms with Gasteiger partial charge in [-0.25, -0.2) is 0 Å². The highest BCUT2D eigenvalue weighted by atomic mass is 16.3. The second-order valence-corrected chi connectivity index (χ2v) is 7.34. The number of phenols is 2. The molecule has 0 fully saturated rings. The normalized spacial score (nSPS) is 10.9. The summed E-state index contributed by atoms with van der Waals surface area (Å²) in [5, 5.41) is 18.8. The Labute approximate surface area is 158 Å². The molecule has 26 heavy (non-hydrogen) atoms. The van der Waals surface area contributed by atoms with Gasteiger partial charge in [0.25, 0.3) is 0 Å². The number of hydrogen-bond acceptors (Lipinski definition) is 2. The Morgan fingerprint density at radius 1 is 0.462 bits per heavy atom. The Balaban J connectivity index is 1.36. The molecule has 2 aromatic rings. The molecule has 2 rings (SSSR count). The molecule has 2 N–H and O–H groups in total. The van der Waals surface area contributed by atoms with Gasteiger partial charge in [-0.1, -0.05) is 87.8 Å². The largest absolute Gasteiger partial charge is 0.504 e. The predicted octanol–water partition coefficient (Wildman–Crippen LogP) is 6.78. The third-order valence-electron chi connectivity index (χ3n) is 5.06. The fourth-order valence-corrected chi connectivity index (χ4v) is 3.44. The summed E-state index contributed by atoms with van der Waals surface area (Å²) in [6.45, 7) is 0. The van der Waals surface area contributed by atoms with Crippen molar-refractivity contribution in [3.8, 4) is 11.5 Å². The minimum atomic E-state index is -0.0335. The molecular formula is C24H34O2. The number of hydrogen-bond donors (Lipinski definition) is 2. The van der Waals surface area contributed by atoms with E-state index in [4.69, 9.17) is 0 Å². The molecule has 2 heteroatoms. The van der Waals surface area contributed by atoms with E-state index in [0.29, 0.717) is 0 Å². The van der Waals surface area contributed by atoms with Crippen LogP contribution >= 0.6 is 0 Å². The topological polar surface area (TPSA) is 40.5 Å². The van der Waals surface area contributed by atoms with Crippen molar-refractivity contribution in [2.24, 2.45) is 0 Å². The number of benzene rings is 2. The highest BCUT2D eigenvalue weighted by Crippen LogP contribution is 2.25. The van der Waals surface area contributed by atoms with Crippen molar-refractivity contribution in [1.29, 1.82) is 0 Å². The predicted molar refractivity (Wildman–Crippen MR) is 110 cm³/mol.